The van der Waals surface area contributed by atoms with E-state index in [4.69, 9.17) is 14.6 Å². The Morgan fingerprint density at radius 3 is 2.23 bits per heavy atom. The van der Waals surface area contributed by atoms with Gasteiger partial charge in [0.25, 0.3) is 0 Å². The minimum Gasteiger partial charge on any atom is -0.400 e. The lowest BCUT2D eigenvalue weighted by molar-refractivity contribution is 0.259. The molecule has 0 aliphatic carbocycles. The predicted molar refractivity (Wildman–Crippen MR) is 58.1 cm³/mol. The Morgan fingerprint density at radius 1 is 1.23 bits per heavy atom. The zero-order valence-electron chi connectivity index (χ0n) is 9.08. The molecule has 0 aromatic heterocycles. The van der Waals surface area contributed by atoms with Crippen molar-refractivity contribution >= 4 is 9.28 Å². The van der Waals surface area contributed by atoms with Crippen molar-refractivity contribution in [3.8, 4) is 0 Å². The van der Waals surface area contributed by atoms with Gasteiger partial charge in [0.1, 0.15) is 0 Å². The van der Waals surface area contributed by atoms with Crippen LogP contribution in [0.25, 0.3) is 0 Å². The van der Waals surface area contributed by atoms with Crippen molar-refractivity contribution in [2.24, 2.45) is 5.73 Å². The van der Waals surface area contributed by atoms with E-state index in [1.54, 1.807) is 14.2 Å². The van der Waals surface area contributed by atoms with Crippen molar-refractivity contribution in [2.75, 3.05) is 20.8 Å². The molecule has 0 saturated carbocycles. The normalized spacial score (nSPS) is 13.6. The Hall–Kier alpha value is 0.0969. The van der Waals surface area contributed by atoms with Gasteiger partial charge in [-0.25, -0.2) is 0 Å². The summed E-state index contributed by atoms with van der Waals surface area (Å²) in [6.45, 7) is 2.97. The van der Waals surface area contributed by atoms with Gasteiger partial charge in [0.15, 0.2) is 0 Å². The van der Waals surface area contributed by atoms with Crippen LogP contribution in [0.4, 0.5) is 0 Å². The van der Waals surface area contributed by atoms with Gasteiger partial charge < -0.3 is 14.6 Å². The smallest absolute Gasteiger partial charge is 0.324 e. The van der Waals surface area contributed by atoms with Gasteiger partial charge >= 0.3 is 9.28 Å². The highest BCUT2D eigenvalue weighted by molar-refractivity contribution is 6.46. The summed E-state index contributed by atoms with van der Waals surface area (Å²) in [5.74, 6) is 0. The molecule has 0 aromatic rings. The number of hydrogen-bond acceptors (Lipinski definition) is 3. The number of nitrogens with two attached hydrogens (primary N) is 1. The molecule has 0 fully saturated rings. The molecule has 13 heavy (non-hydrogen) atoms. The lowest BCUT2D eigenvalue weighted by Crippen LogP contribution is -2.26. The third-order valence-electron chi connectivity index (χ3n) is 2.29. The summed E-state index contributed by atoms with van der Waals surface area (Å²) < 4.78 is 10.8. The summed E-state index contributed by atoms with van der Waals surface area (Å²) in [7, 11) is 2.10. The molecule has 0 heterocycles. The fourth-order valence-electron chi connectivity index (χ4n) is 1.65. The lowest BCUT2D eigenvalue weighted by atomic mass is 10.1. The molecule has 3 nitrogen and oxygen atoms in total. The SMILES string of the molecule is CCCC(CCCN)[SiH](OC)OC. The summed E-state index contributed by atoms with van der Waals surface area (Å²) in [6, 6.07) is 0. The van der Waals surface area contributed by atoms with Crippen LogP contribution in [-0.4, -0.2) is 30.0 Å². The van der Waals surface area contributed by atoms with Crippen LogP contribution in [0.5, 0.6) is 0 Å². The standard InChI is InChI=1S/C9H23NO2Si/c1-4-6-9(7-5-8-10)13(11-2)12-3/h9,13H,4-8,10H2,1-3H3. The fourth-order valence-corrected chi connectivity index (χ4v) is 3.72. The first kappa shape index (κ1) is 13.1. The van der Waals surface area contributed by atoms with E-state index < -0.39 is 9.28 Å². The molecule has 0 saturated heterocycles. The van der Waals surface area contributed by atoms with Gasteiger partial charge in [-0.1, -0.05) is 13.3 Å². The molecular formula is C9H23NO2Si. The second-order valence-electron chi connectivity index (χ2n) is 3.32. The van der Waals surface area contributed by atoms with E-state index in [-0.39, 0.29) is 0 Å². The van der Waals surface area contributed by atoms with Crippen LogP contribution >= 0.6 is 0 Å². The van der Waals surface area contributed by atoms with E-state index in [1.807, 2.05) is 0 Å². The molecule has 0 aromatic carbocycles. The Bertz CT molecular complexity index is 110. The van der Waals surface area contributed by atoms with Crippen molar-refractivity contribution in [3.63, 3.8) is 0 Å². The highest BCUT2D eigenvalue weighted by atomic mass is 28.3. The Labute approximate surface area is 83.5 Å². The second-order valence-corrected chi connectivity index (χ2v) is 5.94. The van der Waals surface area contributed by atoms with Crippen molar-refractivity contribution in [2.45, 2.75) is 38.1 Å². The first-order valence-corrected chi connectivity index (χ1v) is 6.66. The van der Waals surface area contributed by atoms with Crippen LogP contribution in [0.3, 0.4) is 0 Å². The fraction of sp³-hybridized carbons (Fsp3) is 1.00. The molecular weight excluding hydrogens is 182 g/mol. The zero-order valence-corrected chi connectivity index (χ0v) is 10.2. The minimum absolute atomic E-state index is 0.628. The maximum atomic E-state index is 5.49. The zero-order chi connectivity index (χ0) is 10.1. The van der Waals surface area contributed by atoms with Crippen molar-refractivity contribution in [1.82, 2.24) is 0 Å². The van der Waals surface area contributed by atoms with Gasteiger partial charge in [-0.15, -0.1) is 0 Å². The predicted octanol–water partition coefficient (Wildman–Crippen LogP) is 1.41. The molecule has 0 spiro atoms. The summed E-state index contributed by atoms with van der Waals surface area (Å²) in [4.78, 5) is 0. The highest BCUT2D eigenvalue weighted by Gasteiger charge is 2.22. The molecule has 0 bridgehead atoms. The Morgan fingerprint density at radius 2 is 1.85 bits per heavy atom. The molecule has 1 atom stereocenters. The van der Waals surface area contributed by atoms with Gasteiger partial charge in [-0.2, -0.15) is 0 Å². The van der Waals surface area contributed by atoms with Crippen LogP contribution in [0.2, 0.25) is 5.54 Å². The van der Waals surface area contributed by atoms with E-state index >= 15 is 0 Å². The first-order chi connectivity index (χ1) is 6.29. The monoisotopic (exact) mass is 205 g/mol. The van der Waals surface area contributed by atoms with Crippen molar-refractivity contribution < 1.29 is 8.85 Å². The molecule has 0 amide bonds. The van der Waals surface area contributed by atoms with Gasteiger partial charge in [0, 0.05) is 14.2 Å². The molecule has 2 N–H and O–H groups in total. The molecule has 80 valence electrons. The molecule has 4 heteroatoms. The van der Waals surface area contributed by atoms with Gasteiger partial charge in [0.2, 0.25) is 0 Å². The maximum Gasteiger partial charge on any atom is 0.324 e. The Kier molecular flexibility index (Phi) is 8.75. The van der Waals surface area contributed by atoms with E-state index in [2.05, 4.69) is 6.92 Å². The van der Waals surface area contributed by atoms with Crippen LogP contribution in [-0.2, 0) is 8.85 Å². The van der Waals surface area contributed by atoms with Crippen LogP contribution < -0.4 is 5.73 Å². The van der Waals surface area contributed by atoms with Crippen LogP contribution in [0, 0.1) is 0 Å². The average Bonchev–Trinajstić information content (AvgIpc) is 2.16. The van der Waals surface area contributed by atoms with Crippen molar-refractivity contribution in [3.05, 3.63) is 0 Å². The maximum absolute atomic E-state index is 5.49. The third-order valence-corrected chi connectivity index (χ3v) is 4.65. The van der Waals surface area contributed by atoms with Crippen LogP contribution in [0.1, 0.15) is 32.6 Å². The summed E-state index contributed by atoms with van der Waals surface area (Å²) in [5.41, 5.74) is 6.12. The quantitative estimate of drug-likeness (QED) is 0.609. The Balaban J connectivity index is 3.88. The van der Waals surface area contributed by atoms with Gasteiger partial charge in [0.05, 0.1) is 0 Å². The molecule has 0 rings (SSSR count). The molecule has 0 aliphatic heterocycles. The average molecular weight is 205 g/mol. The first-order valence-electron chi connectivity index (χ1n) is 5.05. The third kappa shape index (κ3) is 5.41. The highest BCUT2D eigenvalue weighted by Crippen LogP contribution is 2.23. The van der Waals surface area contributed by atoms with E-state index in [9.17, 15) is 0 Å². The van der Waals surface area contributed by atoms with Crippen LogP contribution in [0.15, 0.2) is 0 Å². The summed E-state index contributed by atoms with van der Waals surface area (Å²) >= 11 is 0. The molecule has 0 radical (unpaired) electrons. The minimum atomic E-state index is -1.41. The van der Waals surface area contributed by atoms with E-state index in [0.29, 0.717) is 5.54 Å². The van der Waals surface area contributed by atoms with Gasteiger partial charge in [-0.3, -0.25) is 0 Å². The molecule has 1 unspecified atom stereocenters. The van der Waals surface area contributed by atoms with Crippen molar-refractivity contribution in [1.29, 1.82) is 0 Å². The molecule has 0 aliphatic rings. The second kappa shape index (κ2) is 8.68. The summed E-state index contributed by atoms with van der Waals surface area (Å²) in [5, 5.41) is 0. The number of rotatable bonds is 8. The summed E-state index contributed by atoms with van der Waals surface area (Å²) in [6.07, 6.45) is 4.65. The lowest BCUT2D eigenvalue weighted by Gasteiger charge is -2.21. The topological polar surface area (TPSA) is 44.5 Å². The largest absolute Gasteiger partial charge is 0.400 e. The van der Waals surface area contributed by atoms with Gasteiger partial charge in [-0.05, 0) is 31.3 Å². The van der Waals surface area contributed by atoms with E-state index in [1.165, 1.54) is 12.8 Å². The number of hydrogen-bond donors (Lipinski definition) is 1. The van der Waals surface area contributed by atoms with E-state index in [0.717, 1.165) is 19.4 Å².